The Bertz CT molecular complexity index is 5570. The molecule has 0 radical (unpaired) electrons. The Morgan fingerprint density at radius 3 is 1.43 bits per heavy atom. The van der Waals surface area contributed by atoms with E-state index in [1.165, 1.54) is 88.3 Å². The van der Waals surface area contributed by atoms with E-state index in [1.807, 2.05) is 164 Å². The molecular weight excluding hydrogens is 1370 g/mol. The van der Waals surface area contributed by atoms with E-state index in [-0.39, 0.29) is 0 Å². The van der Waals surface area contributed by atoms with Gasteiger partial charge in [0.05, 0.1) is 56.7 Å². The maximum atomic E-state index is 12.2. The molecule has 9 aromatic heterocycles. The first-order valence-electron chi connectivity index (χ1n) is 32.4. The fourth-order valence-corrected chi connectivity index (χ4v) is 15.0. The van der Waals surface area contributed by atoms with Gasteiger partial charge in [0.1, 0.15) is 22.9 Å². The number of aliphatic imine (C=N–C) groups is 1. The van der Waals surface area contributed by atoms with Gasteiger partial charge < -0.3 is 25.1 Å². The summed E-state index contributed by atoms with van der Waals surface area (Å²) < 4.78 is 18.0. The molecule has 0 aliphatic carbocycles. The van der Waals surface area contributed by atoms with Crippen LogP contribution in [0.1, 0.15) is 76.3 Å². The number of fused-ring (bicyclic) bond motifs is 5. The van der Waals surface area contributed by atoms with Crippen LogP contribution in [0.25, 0.3) is 101 Å². The highest BCUT2D eigenvalue weighted by atomic mass is 32.1. The van der Waals surface area contributed by atoms with Gasteiger partial charge in [-0.05, 0) is 205 Å². The number of amides is 2. The molecule has 516 valence electrons. The summed E-state index contributed by atoms with van der Waals surface area (Å²) in [6.07, 6.45) is 20.4. The standard InChI is InChI=1S/C19H21N3O2S.C18H19N3O2S.C14H13N3S.C14H12N3S.C13H11N3S/c1-12-8-9-20-11-14(12)13-6-7-15-16(10-13)25-17(21-15)22(5)18(23)24-19(2,3)4;1-11-7-8-19-10-13(11)12-5-6-14-15(9-12)24-16(20-14)21-17(22)23-18(2,3)4;1-9-5-6-16-8-11(9)10-3-4-12-13(7-10)18-14(15)17(12)2;1-9-5-6-16-8-11(9)10-3-4-12-13(7-10)18-14(15-2)17-12;1-8-4-5-15-7-10(8)9-2-3-11-12(6-9)17-13(14)16-11/h6-11H,1-5H3;5-10H,1-4H3,(H,20,21,22);3-8,15H,1-2H3;3-5,7-8H,1-2H3,(H,15,17);2-7H,1H3,(H2,14,16)/q;;;+1;. The number of aryl methyl sites for hydroxylation is 5. The highest BCUT2D eigenvalue weighted by molar-refractivity contribution is 7.23. The Hall–Kier alpha value is -10.9. The van der Waals surface area contributed by atoms with Crippen LogP contribution < -0.4 is 26.1 Å². The van der Waals surface area contributed by atoms with E-state index in [9.17, 15) is 9.59 Å². The Morgan fingerprint density at radius 1 is 0.529 bits per heavy atom. The van der Waals surface area contributed by atoms with Gasteiger partial charge in [-0.15, -0.1) is 0 Å². The largest absolute Gasteiger partial charge is 0.444 e. The third-order valence-electron chi connectivity index (χ3n) is 15.9. The highest BCUT2D eigenvalue weighted by Crippen LogP contribution is 2.37. The number of hydrogen-bond donors (Lipinski definition) is 4. The second-order valence-corrected chi connectivity index (χ2v) is 30.9. The molecule has 0 saturated carbocycles. The molecule has 10 heterocycles. The lowest BCUT2D eigenvalue weighted by Crippen LogP contribution is -2.34. The van der Waals surface area contributed by atoms with Crippen LogP contribution in [0.15, 0.2) is 181 Å². The minimum atomic E-state index is -0.536. The number of nitrogen functional groups attached to an aromatic ring is 1. The van der Waals surface area contributed by atoms with Crippen LogP contribution in [0, 0.1) is 39.3 Å². The summed E-state index contributed by atoms with van der Waals surface area (Å²) in [5.74, 6) is 0. The molecule has 0 fully saturated rings. The van der Waals surface area contributed by atoms with E-state index >= 15 is 0 Å². The molecule has 5 aromatic carbocycles. The number of anilines is 4. The molecule has 14 aromatic rings. The number of allylic oxidation sites excluding steroid dienone is 3. The normalized spacial score (nSPS) is 11.8. The van der Waals surface area contributed by atoms with Crippen LogP contribution in [-0.4, -0.2) is 88.1 Å². The number of carbonyl (C=O) groups is 2. The van der Waals surface area contributed by atoms with Gasteiger partial charge in [-0.25, -0.2) is 29.5 Å². The number of carbonyl (C=O) groups excluding carboxylic acids is 2. The predicted molar refractivity (Wildman–Crippen MR) is 424 cm³/mol. The number of benzene rings is 5. The van der Waals surface area contributed by atoms with Crippen LogP contribution in [0.4, 0.5) is 30.1 Å². The molecule has 0 saturated heterocycles. The number of nitrogens with one attached hydrogen (secondary N) is 3. The molecular formula is C78H76N15O4S5+. The van der Waals surface area contributed by atoms with Crippen LogP contribution in [0.5, 0.6) is 0 Å². The van der Waals surface area contributed by atoms with E-state index in [1.54, 1.807) is 30.8 Å². The minimum Gasteiger partial charge on any atom is -0.444 e. The van der Waals surface area contributed by atoms with E-state index in [0.29, 0.717) is 20.2 Å². The highest BCUT2D eigenvalue weighted by Gasteiger charge is 2.24. The van der Waals surface area contributed by atoms with Crippen LogP contribution in [-0.2, 0) is 16.5 Å². The molecule has 24 heteroatoms. The molecule has 102 heavy (non-hydrogen) atoms. The van der Waals surface area contributed by atoms with Crippen molar-refractivity contribution >= 4 is 152 Å². The third kappa shape index (κ3) is 17.8. The van der Waals surface area contributed by atoms with Gasteiger partial charge in [-0.1, -0.05) is 85.9 Å². The van der Waals surface area contributed by atoms with E-state index < -0.39 is 23.4 Å². The first-order chi connectivity index (χ1) is 48.7. The van der Waals surface area contributed by atoms with Gasteiger partial charge in [0, 0.05) is 105 Å². The Balaban J connectivity index is 0.000000129. The SMILES string of the molecule is CNc1nc2ccc(C3=C(C)C=[C+]N=C3)cc2s1.Cc1ccncc1-c1ccc2c(c1)sc(=N)n2C.Cc1ccncc1-c1ccc2nc(N(C)C(=O)OC(C)(C)C)sc2c1.Cc1ccncc1-c1ccc2nc(N)sc2c1.Cc1ccncc1-c1ccc2nc(NC(=O)OC(C)(C)C)sc2c1. The van der Waals surface area contributed by atoms with Gasteiger partial charge in [-0.3, -0.25) is 35.6 Å². The predicted octanol–water partition coefficient (Wildman–Crippen LogP) is 19.9. The van der Waals surface area contributed by atoms with Gasteiger partial charge >= 0.3 is 12.2 Å². The summed E-state index contributed by atoms with van der Waals surface area (Å²) >= 11 is 7.57. The number of pyridine rings is 4. The Kier molecular flexibility index (Phi) is 22.3. The molecule has 0 spiro atoms. The van der Waals surface area contributed by atoms with Crippen molar-refractivity contribution in [1.29, 1.82) is 5.41 Å². The molecule has 1 aliphatic heterocycles. The van der Waals surface area contributed by atoms with Gasteiger partial charge in [0.2, 0.25) is 0 Å². The van der Waals surface area contributed by atoms with Gasteiger partial charge in [0.25, 0.3) is 0 Å². The molecule has 0 bridgehead atoms. The Morgan fingerprint density at radius 2 is 0.951 bits per heavy atom. The molecule has 19 nitrogen and oxygen atoms in total. The van der Waals surface area contributed by atoms with Gasteiger partial charge in [0.15, 0.2) is 37.7 Å². The summed E-state index contributed by atoms with van der Waals surface area (Å²) in [5, 5.41) is 16.3. The van der Waals surface area contributed by atoms with Gasteiger partial charge in [-0.2, -0.15) is 0 Å². The number of hydrogen-bond acceptors (Lipinski definition) is 21. The molecule has 0 unspecified atom stereocenters. The quantitative estimate of drug-likeness (QED) is 0.103. The monoisotopic (exact) mass is 1450 g/mol. The number of rotatable bonds is 8. The number of ether oxygens (including phenoxy) is 2. The first-order valence-corrected chi connectivity index (χ1v) is 36.5. The van der Waals surface area contributed by atoms with Crippen molar-refractivity contribution in [3.8, 4) is 44.5 Å². The van der Waals surface area contributed by atoms with Crippen molar-refractivity contribution in [2.75, 3.05) is 35.4 Å². The van der Waals surface area contributed by atoms with Crippen molar-refractivity contribution in [2.45, 2.75) is 87.4 Å². The summed E-state index contributed by atoms with van der Waals surface area (Å²) in [6.45, 7) is 21.4. The van der Waals surface area contributed by atoms with E-state index in [4.69, 9.17) is 20.6 Å². The maximum Gasteiger partial charge on any atom is 0.416 e. The average Bonchev–Trinajstić information content (AvgIpc) is 1.67. The summed E-state index contributed by atoms with van der Waals surface area (Å²) in [7, 11) is 5.49. The zero-order valence-corrected chi connectivity index (χ0v) is 63.0. The number of nitrogens with zero attached hydrogens (tertiary/aromatic N) is 11. The second-order valence-electron chi connectivity index (χ2n) is 25.8. The van der Waals surface area contributed by atoms with Crippen molar-refractivity contribution in [3.05, 3.63) is 215 Å². The Labute approximate surface area is 611 Å². The molecule has 2 amide bonds. The van der Waals surface area contributed by atoms with Crippen LogP contribution >= 0.6 is 56.7 Å². The lowest BCUT2D eigenvalue weighted by molar-refractivity contribution is 0.0587. The fourth-order valence-electron chi connectivity index (χ4n) is 10.6. The summed E-state index contributed by atoms with van der Waals surface area (Å²) in [5.41, 5.74) is 26.7. The number of thiazole rings is 5. The average molecular weight is 1450 g/mol. The zero-order valence-electron chi connectivity index (χ0n) is 58.9. The molecule has 1 aliphatic rings. The molecule has 0 atom stereocenters. The zero-order chi connectivity index (χ0) is 72.6. The van der Waals surface area contributed by atoms with Crippen molar-refractivity contribution < 1.29 is 19.1 Å². The smallest absolute Gasteiger partial charge is 0.416 e. The van der Waals surface area contributed by atoms with E-state index in [0.717, 1.165) is 102 Å². The lowest BCUT2D eigenvalue weighted by Gasteiger charge is -2.23. The lowest BCUT2D eigenvalue weighted by atomic mass is 10.0. The number of aromatic nitrogens is 9. The molecule has 5 N–H and O–H groups in total. The fraction of sp³-hybridized carbons (Fsp3) is 0.205. The summed E-state index contributed by atoms with van der Waals surface area (Å²) in [6, 6.07) is 38.9. The minimum absolute atomic E-state index is 0.408. The van der Waals surface area contributed by atoms with Crippen LogP contribution in [0.3, 0.4) is 0 Å². The first kappa shape index (κ1) is 72.4. The third-order valence-corrected chi connectivity index (χ3v) is 20.8. The van der Waals surface area contributed by atoms with Crippen molar-refractivity contribution in [1.82, 2.24) is 44.4 Å². The van der Waals surface area contributed by atoms with Crippen LogP contribution in [0.2, 0.25) is 0 Å². The maximum absolute atomic E-state index is 12.2. The number of nitrogens with two attached hydrogens (primary N) is 1. The van der Waals surface area contributed by atoms with E-state index in [2.05, 4.69) is 157 Å². The molecule has 15 rings (SSSR count). The van der Waals surface area contributed by atoms with Crippen molar-refractivity contribution in [3.63, 3.8) is 0 Å². The summed E-state index contributed by atoms with van der Waals surface area (Å²) in [4.78, 5) is 64.7. The van der Waals surface area contributed by atoms with Crippen molar-refractivity contribution in [2.24, 2.45) is 12.0 Å². The second kappa shape index (κ2) is 31.4. The topological polar surface area (TPSA) is 250 Å².